The Hall–Kier alpha value is -2.76. The van der Waals surface area contributed by atoms with Crippen LogP contribution in [0.5, 0.6) is 5.75 Å². The lowest BCUT2D eigenvalue weighted by molar-refractivity contribution is -0.123. The lowest BCUT2D eigenvalue weighted by Crippen LogP contribution is -2.30. The van der Waals surface area contributed by atoms with Gasteiger partial charge in [-0.1, -0.05) is 12.1 Å². The standard InChI is InChI=1S/C16H17NO5/c1-10-8-9-14(21-10)16(19)22-11(2)15(18)17-12-6-4-5-7-13(12)20-3/h4-9,11H,1-3H3,(H,17,18)/t11-/m1/s1. The molecule has 6 heteroatoms. The van der Waals surface area contributed by atoms with Gasteiger partial charge in [-0.25, -0.2) is 4.79 Å². The van der Waals surface area contributed by atoms with E-state index in [0.29, 0.717) is 17.2 Å². The van der Waals surface area contributed by atoms with Crippen LogP contribution in [0.1, 0.15) is 23.2 Å². The summed E-state index contributed by atoms with van der Waals surface area (Å²) >= 11 is 0. The number of carbonyl (C=O) groups is 2. The first-order valence-electron chi connectivity index (χ1n) is 6.72. The Kier molecular flexibility index (Phi) is 4.83. The normalized spacial score (nSPS) is 11.6. The third-order valence-electron chi connectivity index (χ3n) is 2.96. The topological polar surface area (TPSA) is 77.8 Å². The van der Waals surface area contributed by atoms with Gasteiger partial charge >= 0.3 is 5.97 Å². The molecule has 0 spiro atoms. The van der Waals surface area contributed by atoms with Crippen molar-refractivity contribution in [2.75, 3.05) is 12.4 Å². The highest BCUT2D eigenvalue weighted by Gasteiger charge is 2.21. The van der Waals surface area contributed by atoms with Crippen LogP contribution in [0.3, 0.4) is 0 Å². The summed E-state index contributed by atoms with van der Waals surface area (Å²) in [5, 5.41) is 2.65. The molecule has 22 heavy (non-hydrogen) atoms. The van der Waals surface area contributed by atoms with Gasteiger partial charge in [0.2, 0.25) is 5.76 Å². The Balaban J connectivity index is 1.99. The molecule has 1 amide bonds. The quantitative estimate of drug-likeness (QED) is 0.859. The van der Waals surface area contributed by atoms with Gasteiger partial charge in [0.1, 0.15) is 11.5 Å². The molecule has 2 aromatic rings. The molecule has 0 aliphatic carbocycles. The van der Waals surface area contributed by atoms with Gasteiger partial charge in [-0.15, -0.1) is 0 Å². The van der Waals surface area contributed by atoms with Gasteiger partial charge in [0.15, 0.2) is 6.10 Å². The zero-order valence-corrected chi connectivity index (χ0v) is 12.6. The van der Waals surface area contributed by atoms with Crippen LogP contribution in [0.15, 0.2) is 40.8 Å². The Morgan fingerprint density at radius 3 is 2.55 bits per heavy atom. The smallest absolute Gasteiger partial charge is 0.375 e. The molecule has 0 fully saturated rings. The third-order valence-corrected chi connectivity index (χ3v) is 2.96. The highest BCUT2D eigenvalue weighted by atomic mass is 16.6. The minimum atomic E-state index is -0.970. The van der Waals surface area contributed by atoms with Crippen molar-refractivity contribution in [1.29, 1.82) is 0 Å². The predicted molar refractivity (Wildman–Crippen MR) is 79.9 cm³/mol. The Morgan fingerprint density at radius 1 is 1.18 bits per heavy atom. The van der Waals surface area contributed by atoms with Gasteiger partial charge in [0.05, 0.1) is 12.8 Å². The van der Waals surface area contributed by atoms with Crippen molar-refractivity contribution >= 4 is 17.6 Å². The van der Waals surface area contributed by atoms with Crippen molar-refractivity contribution in [3.8, 4) is 5.75 Å². The van der Waals surface area contributed by atoms with Crippen molar-refractivity contribution in [1.82, 2.24) is 0 Å². The highest BCUT2D eigenvalue weighted by molar-refractivity contribution is 5.97. The molecule has 1 heterocycles. The maximum Gasteiger partial charge on any atom is 0.375 e. The molecule has 6 nitrogen and oxygen atoms in total. The summed E-state index contributed by atoms with van der Waals surface area (Å²) in [6.45, 7) is 3.20. The molecule has 1 atom stereocenters. The molecule has 0 saturated heterocycles. The predicted octanol–water partition coefficient (Wildman–Crippen LogP) is 2.78. The maximum atomic E-state index is 12.1. The monoisotopic (exact) mass is 303 g/mol. The fourth-order valence-electron chi connectivity index (χ4n) is 1.80. The van der Waals surface area contributed by atoms with E-state index in [9.17, 15) is 9.59 Å². The highest BCUT2D eigenvalue weighted by Crippen LogP contribution is 2.23. The van der Waals surface area contributed by atoms with Crippen molar-refractivity contribution in [2.45, 2.75) is 20.0 Å². The number of methoxy groups -OCH3 is 1. The summed E-state index contributed by atoms with van der Waals surface area (Å²) in [7, 11) is 1.51. The van der Waals surface area contributed by atoms with Gasteiger partial charge in [-0.3, -0.25) is 4.79 Å². The van der Waals surface area contributed by atoms with Crippen molar-refractivity contribution in [3.05, 3.63) is 47.9 Å². The molecule has 0 radical (unpaired) electrons. The van der Waals surface area contributed by atoms with Crippen LogP contribution >= 0.6 is 0 Å². The number of para-hydroxylation sites is 2. The van der Waals surface area contributed by atoms with Crippen LogP contribution in [0, 0.1) is 6.92 Å². The van der Waals surface area contributed by atoms with Gasteiger partial charge in [0.25, 0.3) is 5.91 Å². The number of anilines is 1. The van der Waals surface area contributed by atoms with Crippen molar-refractivity contribution in [2.24, 2.45) is 0 Å². The fourth-order valence-corrected chi connectivity index (χ4v) is 1.80. The molecular weight excluding hydrogens is 286 g/mol. The maximum absolute atomic E-state index is 12.1. The molecule has 0 saturated carbocycles. The average molecular weight is 303 g/mol. The second kappa shape index (κ2) is 6.80. The van der Waals surface area contributed by atoms with E-state index in [1.54, 1.807) is 37.3 Å². The molecule has 0 unspecified atom stereocenters. The number of benzene rings is 1. The van der Waals surface area contributed by atoms with E-state index in [1.165, 1.54) is 20.1 Å². The molecule has 1 N–H and O–H groups in total. The number of nitrogens with one attached hydrogen (secondary N) is 1. The lowest BCUT2D eigenvalue weighted by Gasteiger charge is -2.14. The largest absolute Gasteiger partial charge is 0.495 e. The molecule has 0 bridgehead atoms. The third kappa shape index (κ3) is 3.66. The summed E-state index contributed by atoms with van der Waals surface area (Å²) in [6.07, 6.45) is -0.970. The molecule has 1 aromatic heterocycles. The Morgan fingerprint density at radius 2 is 1.91 bits per heavy atom. The number of furan rings is 1. The van der Waals surface area contributed by atoms with E-state index in [1.807, 2.05) is 0 Å². The van der Waals surface area contributed by atoms with Crippen LogP contribution in [0.2, 0.25) is 0 Å². The zero-order chi connectivity index (χ0) is 16.1. The molecule has 0 aliphatic heterocycles. The molecule has 2 rings (SSSR count). The van der Waals surface area contributed by atoms with Gasteiger partial charge in [-0.05, 0) is 38.1 Å². The lowest BCUT2D eigenvalue weighted by atomic mass is 10.2. The summed E-state index contributed by atoms with van der Waals surface area (Å²) in [6, 6.07) is 10.1. The van der Waals surface area contributed by atoms with E-state index in [0.717, 1.165) is 0 Å². The number of hydrogen-bond donors (Lipinski definition) is 1. The Labute approximate surface area is 128 Å². The summed E-state index contributed by atoms with van der Waals surface area (Å²) in [5.74, 6) is 0.0421. The van der Waals surface area contributed by atoms with Crippen molar-refractivity contribution in [3.63, 3.8) is 0 Å². The fraction of sp³-hybridized carbons (Fsp3) is 0.250. The number of carbonyl (C=O) groups excluding carboxylic acids is 2. The first kappa shape index (κ1) is 15.6. The minimum absolute atomic E-state index is 0.0643. The SMILES string of the molecule is COc1ccccc1NC(=O)[C@@H](C)OC(=O)c1ccc(C)o1. The second-order valence-corrected chi connectivity index (χ2v) is 4.65. The summed E-state index contributed by atoms with van der Waals surface area (Å²) in [4.78, 5) is 23.9. The number of aryl methyl sites for hydroxylation is 1. The summed E-state index contributed by atoms with van der Waals surface area (Å²) < 4.78 is 15.4. The van der Waals surface area contributed by atoms with Crippen LogP contribution in [0.4, 0.5) is 5.69 Å². The first-order valence-corrected chi connectivity index (χ1v) is 6.72. The van der Waals surface area contributed by atoms with E-state index in [2.05, 4.69) is 5.32 Å². The number of amides is 1. The van der Waals surface area contributed by atoms with Crippen LogP contribution < -0.4 is 10.1 Å². The molecule has 116 valence electrons. The van der Waals surface area contributed by atoms with E-state index in [4.69, 9.17) is 13.9 Å². The second-order valence-electron chi connectivity index (χ2n) is 4.65. The summed E-state index contributed by atoms with van der Waals surface area (Å²) in [5.41, 5.74) is 0.506. The van der Waals surface area contributed by atoms with Gasteiger partial charge < -0.3 is 19.2 Å². The van der Waals surface area contributed by atoms with Gasteiger partial charge in [-0.2, -0.15) is 0 Å². The zero-order valence-electron chi connectivity index (χ0n) is 12.6. The average Bonchev–Trinajstić information content (AvgIpc) is 2.94. The first-order chi connectivity index (χ1) is 10.5. The molecule has 0 aliphatic rings. The Bertz CT molecular complexity index is 677. The minimum Gasteiger partial charge on any atom is -0.495 e. The molecule has 1 aromatic carbocycles. The molecular formula is C16H17NO5. The van der Waals surface area contributed by atoms with Crippen LogP contribution in [-0.4, -0.2) is 25.1 Å². The number of rotatable bonds is 5. The van der Waals surface area contributed by atoms with E-state index in [-0.39, 0.29) is 5.76 Å². The number of hydrogen-bond acceptors (Lipinski definition) is 5. The van der Waals surface area contributed by atoms with Crippen molar-refractivity contribution < 1.29 is 23.5 Å². The van der Waals surface area contributed by atoms with Crippen LogP contribution in [-0.2, 0) is 9.53 Å². The van der Waals surface area contributed by atoms with Crippen LogP contribution in [0.25, 0.3) is 0 Å². The van der Waals surface area contributed by atoms with Gasteiger partial charge in [0, 0.05) is 0 Å². The number of esters is 1. The van der Waals surface area contributed by atoms with E-state index < -0.39 is 18.0 Å². The number of ether oxygens (including phenoxy) is 2. The van der Waals surface area contributed by atoms with E-state index >= 15 is 0 Å².